The normalized spacial score (nSPS) is 10.4. The first-order valence-corrected chi connectivity index (χ1v) is 8.55. The Morgan fingerprint density at radius 1 is 1.07 bits per heavy atom. The van der Waals surface area contributed by atoms with Crippen molar-refractivity contribution in [3.05, 3.63) is 60.5 Å². The molecule has 3 rings (SSSR count). The number of para-hydroxylation sites is 1. The van der Waals surface area contributed by atoms with Gasteiger partial charge in [-0.3, -0.25) is 4.79 Å². The summed E-state index contributed by atoms with van der Waals surface area (Å²) in [6.07, 6.45) is 0.816. The highest BCUT2D eigenvalue weighted by molar-refractivity contribution is 5.69. The number of ether oxygens (including phenoxy) is 3. The van der Waals surface area contributed by atoms with Crippen LogP contribution in [0.25, 0.3) is 11.4 Å². The standard InChI is InChI=1S/C20H20N2O5/c1-24-17-10-5-7-15(13-17)20-21-18(27-22-20)14-26-19(23)11-6-12-25-16-8-3-2-4-9-16/h2-5,7-10,13H,6,11-12,14H2,1H3. The molecule has 0 N–H and O–H groups in total. The summed E-state index contributed by atoms with van der Waals surface area (Å²) in [7, 11) is 1.59. The smallest absolute Gasteiger partial charge is 0.306 e. The predicted octanol–water partition coefficient (Wildman–Crippen LogP) is 3.65. The summed E-state index contributed by atoms with van der Waals surface area (Å²) >= 11 is 0. The molecule has 7 nitrogen and oxygen atoms in total. The second-order valence-electron chi connectivity index (χ2n) is 5.67. The number of methoxy groups -OCH3 is 1. The average Bonchev–Trinajstić information content (AvgIpc) is 3.20. The van der Waals surface area contributed by atoms with Crippen LogP contribution in [-0.2, 0) is 16.1 Å². The van der Waals surface area contributed by atoms with Crippen molar-refractivity contribution in [3.8, 4) is 22.9 Å². The molecule has 0 aliphatic rings. The number of carbonyl (C=O) groups is 1. The Morgan fingerprint density at radius 2 is 1.89 bits per heavy atom. The lowest BCUT2D eigenvalue weighted by Crippen LogP contribution is -2.07. The number of rotatable bonds is 9. The Bertz CT molecular complexity index is 864. The molecule has 0 amide bonds. The largest absolute Gasteiger partial charge is 0.497 e. The number of benzene rings is 2. The highest BCUT2D eigenvalue weighted by Crippen LogP contribution is 2.21. The van der Waals surface area contributed by atoms with Crippen LogP contribution in [0.5, 0.6) is 11.5 Å². The van der Waals surface area contributed by atoms with Gasteiger partial charge in [0.1, 0.15) is 11.5 Å². The van der Waals surface area contributed by atoms with E-state index in [1.165, 1.54) is 0 Å². The molecule has 0 bridgehead atoms. The SMILES string of the molecule is COc1cccc(-c2noc(COC(=O)CCCOc3ccccc3)n2)c1. The van der Waals surface area contributed by atoms with Crippen LogP contribution in [0, 0.1) is 0 Å². The van der Waals surface area contributed by atoms with Crippen LogP contribution in [0.1, 0.15) is 18.7 Å². The Morgan fingerprint density at radius 3 is 2.70 bits per heavy atom. The van der Waals surface area contributed by atoms with Crippen molar-refractivity contribution in [2.75, 3.05) is 13.7 Å². The van der Waals surface area contributed by atoms with E-state index in [0.29, 0.717) is 24.6 Å². The fourth-order valence-corrected chi connectivity index (χ4v) is 2.33. The van der Waals surface area contributed by atoms with Crippen molar-refractivity contribution in [2.45, 2.75) is 19.4 Å². The minimum Gasteiger partial charge on any atom is -0.497 e. The zero-order valence-corrected chi connectivity index (χ0v) is 15.0. The van der Waals surface area contributed by atoms with Crippen LogP contribution in [0.2, 0.25) is 0 Å². The summed E-state index contributed by atoms with van der Waals surface area (Å²) in [4.78, 5) is 16.0. The third-order valence-electron chi connectivity index (χ3n) is 3.69. The minimum absolute atomic E-state index is 0.0602. The van der Waals surface area contributed by atoms with E-state index in [1.807, 2.05) is 48.5 Å². The number of nitrogens with zero attached hydrogens (tertiary/aromatic N) is 2. The molecule has 0 atom stereocenters. The van der Waals surface area contributed by atoms with Crippen LogP contribution in [0.15, 0.2) is 59.1 Å². The van der Waals surface area contributed by atoms with Crippen LogP contribution in [0.4, 0.5) is 0 Å². The zero-order chi connectivity index (χ0) is 18.9. The van der Waals surface area contributed by atoms with E-state index in [0.717, 1.165) is 11.3 Å². The van der Waals surface area contributed by atoms with Crippen molar-refractivity contribution in [3.63, 3.8) is 0 Å². The maximum absolute atomic E-state index is 11.8. The van der Waals surface area contributed by atoms with E-state index in [9.17, 15) is 4.79 Å². The van der Waals surface area contributed by atoms with Gasteiger partial charge in [-0.15, -0.1) is 0 Å². The fraction of sp³-hybridized carbons (Fsp3) is 0.250. The first kappa shape index (κ1) is 18.4. The maximum atomic E-state index is 11.8. The molecule has 140 valence electrons. The van der Waals surface area contributed by atoms with Gasteiger partial charge in [0.05, 0.1) is 13.7 Å². The second kappa shape index (κ2) is 9.38. The monoisotopic (exact) mass is 368 g/mol. The van der Waals surface area contributed by atoms with Crippen molar-refractivity contribution in [1.82, 2.24) is 10.1 Å². The number of carbonyl (C=O) groups excluding carboxylic acids is 1. The van der Waals surface area contributed by atoms with Gasteiger partial charge < -0.3 is 18.7 Å². The van der Waals surface area contributed by atoms with Crippen LogP contribution >= 0.6 is 0 Å². The van der Waals surface area contributed by atoms with E-state index in [2.05, 4.69) is 10.1 Å². The molecule has 0 saturated heterocycles. The quantitative estimate of drug-likeness (QED) is 0.421. The number of esters is 1. The summed E-state index contributed by atoms with van der Waals surface area (Å²) in [6.45, 7) is 0.384. The number of aromatic nitrogens is 2. The molecule has 2 aromatic carbocycles. The Labute approximate surface area is 156 Å². The van der Waals surface area contributed by atoms with Crippen molar-refractivity contribution in [2.24, 2.45) is 0 Å². The summed E-state index contributed by atoms with van der Waals surface area (Å²) in [5.41, 5.74) is 0.758. The van der Waals surface area contributed by atoms with Gasteiger partial charge in [0.2, 0.25) is 5.82 Å². The maximum Gasteiger partial charge on any atom is 0.306 e. The van der Waals surface area contributed by atoms with E-state index >= 15 is 0 Å². The topological polar surface area (TPSA) is 83.7 Å². The van der Waals surface area contributed by atoms with Crippen molar-refractivity contribution in [1.29, 1.82) is 0 Å². The van der Waals surface area contributed by atoms with Gasteiger partial charge in [0.25, 0.3) is 5.89 Å². The molecule has 0 radical (unpaired) electrons. The molecular weight excluding hydrogens is 348 g/mol. The lowest BCUT2D eigenvalue weighted by atomic mass is 10.2. The summed E-state index contributed by atoms with van der Waals surface area (Å²) in [5, 5.41) is 3.90. The summed E-state index contributed by atoms with van der Waals surface area (Å²) in [5.74, 6) is 1.79. The highest BCUT2D eigenvalue weighted by atomic mass is 16.6. The average molecular weight is 368 g/mol. The molecule has 0 saturated carbocycles. The lowest BCUT2D eigenvalue weighted by molar-refractivity contribution is -0.146. The van der Waals surface area contributed by atoms with Crippen molar-refractivity contribution >= 4 is 5.97 Å². The molecule has 7 heteroatoms. The van der Waals surface area contributed by atoms with Gasteiger partial charge in [-0.1, -0.05) is 35.5 Å². The molecule has 3 aromatic rings. The summed E-state index contributed by atoms with van der Waals surface area (Å²) < 4.78 is 21.0. The van der Waals surface area contributed by atoms with Gasteiger partial charge in [-0.25, -0.2) is 0 Å². The highest BCUT2D eigenvalue weighted by Gasteiger charge is 2.11. The van der Waals surface area contributed by atoms with Crippen LogP contribution in [-0.4, -0.2) is 29.8 Å². The van der Waals surface area contributed by atoms with E-state index in [4.69, 9.17) is 18.7 Å². The molecule has 0 aliphatic carbocycles. The zero-order valence-electron chi connectivity index (χ0n) is 15.0. The molecule has 1 heterocycles. The predicted molar refractivity (Wildman–Crippen MR) is 97.3 cm³/mol. The second-order valence-corrected chi connectivity index (χ2v) is 5.67. The Balaban J connectivity index is 1.41. The molecule has 0 unspecified atom stereocenters. The Kier molecular flexibility index (Phi) is 6.40. The third-order valence-corrected chi connectivity index (χ3v) is 3.69. The minimum atomic E-state index is -0.340. The van der Waals surface area contributed by atoms with Gasteiger partial charge in [0, 0.05) is 12.0 Å². The molecule has 1 aromatic heterocycles. The first-order valence-electron chi connectivity index (χ1n) is 8.55. The molecule has 0 spiro atoms. The van der Waals surface area contributed by atoms with Gasteiger partial charge in [-0.05, 0) is 30.7 Å². The first-order chi connectivity index (χ1) is 13.2. The number of hydrogen-bond acceptors (Lipinski definition) is 7. The van der Waals surface area contributed by atoms with Crippen LogP contribution < -0.4 is 9.47 Å². The van der Waals surface area contributed by atoms with Crippen molar-refractivity contribution < 1.29 is 23.5 Å². The van der Waals surface area contributed by atoms with Gasteiger partial charge in [0.15, 0.2) is 6.61 Å². The van der Waals surface area contributed by atoms with Gasteiger partial charge >= 0.3 is 5.97 Å². The van der Waals surface area contributed by atoms with Crippen LogP contribution in [0.3, 0.4) is 0 Å². The van der Waals surface area contributed by atoms with E-state index in [-0.39, 0.29) is 24.9 Å². The van der Waals surface area contributed by atoms with E-state index < -0.39 is 0 Å². The van der Waals surface area contributed by atoms with Gasteiger partial charge in [-0.2, -0.15) is 4.98 Å². The summed E-state index contributed by atoms with van der Waals surface area (Å²) in [6, 6.07) is 16.8. The molecular formula is C20H20N2O5. The molecule has 0 aliphatic heterocycles. The lowest BCUT2D eigenvalue weighted by Gasteiger charge is -2.05. The third kappa shape index (κ3) is 5.57. The molecule has 27 heavy (non-hydrogen) atoms. The van der Waals surface area contributed by atoms with E-state index in [1.54, 1.807) is 13.2 Å². The number of hydrogen-bond donors (Lipinski definition) is 0. The Hall–Kier alpha value is -3.35. The molecule has 0 fully saturated rings. The fourth-order valence-electron chi connectivity index (χ4n) is 2.33.